The van der Waals surface area contributed by atoms with E-state index in [1.165, 1.54) is 74.6 Å². The van der Waals surface area contributed by atoms with Crippen LogP contribution in [0.15, 0.2) is 106 Å². The number of carbonyl (C=O) groups is 1. The fraction of sp³-hybridized carbons (Fsp3) is 0.662. The number of anilines is 2. The largest absolute Gasteiger partial charge is 0.444 e. The van der Waals surface area contributed by atoms with Gasteiger partial charge >= 0.3 is 6.09 Å². The summed E-state index contributed by atoms with van der Waals surface area (Å²) in [6, 6.07) is 20.2. The number of carbonyl (C=O) groups excluding carboxylic acids is 1. The molecular formula is C80H110N10O4. The molecule has 2 aromatic carbocycles. The van der Waals surface area contributed by atoms with E-state index < -0.39 is 6.09 Å². The van der Waals surface area contributed by atoms with Crippen molar-refractivity contribution in [2.75, 3.05) is 11.1 Å². The highest BCUT2D eigenvalue weighted by molar-refractivity contribution is 5.84. The minimum atomic E-state index is -0.466. The normalized spacial score (nSPS) is 37.9. The van der Waals surface area contributed by atoms with Crippen LogP contribution in [0.4, 0.5) is 16.4 Å². The summed E-state index contributed by atoms with van der Waals surface area (Å²) < 4.78 is 17.7. The third-order valence-electron chi connectivity index (χ3n) is 30.0. The Labute approximate surface area is 560 Å². The molecule has 504 valence electrons. The number of aromatic nitrogens is 8. The van der Waals surface area contributed by atoms with Crippen molar-refractivity contribution in [1.29, 1.82) is 0 Å². The summed E-state index contributed by atoms with van der Waals surface area (Å²) in [6.07, 6.45) is 29.9. The third kappa shape index (κ3) is 9.63. The lowest BCUT2D eigenvalue weighted by atomic mass is 9.33. The second kappa shape index (κ2) is 22.4. The van der Waals surface area contributed by atoms with Crippen LogP contribution >= 0.6 is 0 Å². The Hall–Kier alpha value is -6.31. The van der Waals surface area contributed by atoms with Gasteiger partial charge in [0.15, 0.2) is 5.82 Å². The first-order valence-electron chi connectivity index (χ1n) is 36.3. The fourth-order valence-corrected chi connectivity index (χ4v) is 24.6. The zero-order valence-electron chi connectivity index (χ0n) is 59.6. The van der Waals surface area contributed by atoms with Crippen molar-refractivity contribution in [1.82, 2.24) is 40.8 Å². The maximum atomic E-state index is 13.0. The van der Waals surface area contributed by atoms with Gasteiger partial charge in [-0.15, -0.1) is 20.4 Å². The van der Waals surface area contributed by atoms with E-state index in [9.17, 15) is 4.79 Å². The van der Waals surface area contributed by atoms with E-state index in [1.807, 2.05) is 36.4 Å². The van der Waals surface area contributed by atoms with E-state index in [0.717, 1.165) is 99.2 Å². The minimum absolute atomic E-state index is 0.00532. The number of nitrogens with two attached hydrogens (primary N) is 1. The number of hydrogen-bond acceptors (Lipinski definition) is 11. The molecule has 0 bridgehead atoms. The zero-order chi connectivity index (χ0) is 66.5. The van der Waals surface area contributed by atoms with Crippen molar-refractivity contribution in [3.63, 3.8) is 0 Å². The van der Waals surface area contributed by atoms with E-state index >= 15 is 0 Å². The molecule has 14 nitrogen and oxygen atoms in total. The van der Waals surface area contributed by atoms with Crippen molar-refractivity contribution in [2.45, 2.75) is 254 Å². The molecule has 0 spiro atoms. The monoisotopic (exact) mass is 1270 g/mol. The maximum Gasteiger partial charge on any atom is 0.413 e. The highest BCUT2D eigenvalue weighted by atomic mass is 16.5. The van der Waals surface area contributed by atoms with Gasteiger partial charge in [0.1, 0.15) is 12.4 Å². The summed E-state index contributed by atoms with van der Waals surface area (Å²) in [4.78, 5) is 13.0. The van der Waals surface area contributed by atoms with Gasteiger partial charge < -0.3 is 19.3 Å². The lowest BCUT2D eigenvalue weighted by Crippen LogP contribution is -2.64. The topological polar surface area (TPSA) is 200 Å². The van der Waals surface area contributed by atoms with Crippen LogP contribution in [0.5, 0.6) is 0 Å². The van der Waals surface area contributed by atoms with Gasteiger partial charge in [0.2, 0.25) is 24.6 Å². The molecule has 5 N–H and O–H groups in total. The summed E-state index contributed by atoms with van der Waals surface area (Å²) in [5.41, 5.74) is 18.5. The predicted molar refractivity (Wildman–Crippen MR) is 370 cm³/mol. The second-order valence-electron chi connectivity index (χ2n) is 35.9. The van der Waals surface area contributed by atoms with Crippen LogP contribution in [0.1, 0.15) is 252 Å². The number of fused-ring (bicyclic) bond motifs is 16. The fourth-order valence-electron chi connectivity index (χ4n) is 24.6. The lowest BCUT2D eigenvalue weighted by molar-refractivity contribution is -0.155. The molecule has 16 rings (SSSR count). The number of nitrogen functional groups attached to an aromatic ring is 1. The average molecular weight is 1280 g/mol. The van der Waals surface area contributed by atoms with E-state index in [1.54, 1.807) is 17.5 Å². The number of benzene rings is 2. The van der Waals surface area contributed by atoms with Crippen LogP contribution < -0.4 is 11.1 Å². The molecular weight excluding hydrogens is 1160 g/mol. The first-order chi connectivity index (χ1) is 44.5. The number of aromatic amines is 2. The highest BCUT2D eigenvalue weighted by Gasteiger charge is 2.72. The molecule has 4 heterocycles. The Balaban J connectivity index is 0.000000148. The Morgan fingerprint density at radius 1 is 0.564 bits per heavy atom. The van der Waals surface area contributed by atoms with Crippen LogP contribution in [0.3, 0.4) is 0 Å². The van der Waals surface area contributed by atoms with Crippen LogP contribution in [-0.2, 0) is 52.3 Å². The summed E-state index contributed by atoms with van der Waals surface area (Å²) in [5.74, 6) is 6.23. The molecule has 1 amide bonds. The standard InChI is InChI=1S/C40H53N5O3.C32H47N5O.C8H10/c1-35(2)17-19-40(33-45-41-24-48-33)20-18-38(6)27(28(40)22-35)13-14-30-37(5)21-26-31(36(3,4)29(37)15-16-39(30,38)7)43-44-32(26)42-34(46)47-23-25-11-9-8-10-12-25;1-27(2)12-14-32(26-37-34-18-38-26)15-13-30(6)20(21(32)17-27)8-9-23-29(5)16-19-24(35-36-25(19)33)28(3,4)22(29)10-11-31(23,30)7;1-2-8-6-4-3-5-7-8/h8-13,24,28-30H,14-23H2,1-7H3,(H2,42,43,44,46);8,18,21-23H,9-17H2,1-7H3,(H3,33,35,36);3-7H,2H2,1H3/t28?,29?,30?,37-,38+,39+,40-;21?,22?,23?,29-,30+,31+,32-;/m00./s1. The second-order valence-corrected chi connectivity index (χ2v) is 35.9. The quantitative estimate of drug-likeness (QED) is 0.116. The SMILES string of the molecule is CC1(C)CC[C@]2(c3nnco3)CC[C@]3(C)C(=CCC4[C@@]5(C)Cc6c(N)n[nH]c6C(C)(C)C5CC[C@]43C)C2C1.CC1(C)CC[C@]2(c3nnco3)CC[C@]3(C)C(=CCC4[C@@]5(C)Cc6c(NC(=O)OCc7ccccc7)n[nH]c6C(C)(C)C5CC[C@]43C)C2C1.CCc1ccccc1. The molecule has 4 aromatic heterocycles. The number of aryl methyl sites for hydroxylation is 1. The van der Waals surface area contributed by atoms with Crippen molar-refractivity contribution in [3.05, 3.63) is 142 Å². The number of allylic oxidation sites excluding steroid dienone is 4. The first kappa shape index (κ1) is 65.0. The minimum Gasteiger partial charge on any atom is -0.444 e. The van der Waals surface area contributed by atoms with Gasteiger partial charge in [-0.25, -0.2) is 4.79 Å². The molecule has 6 fully saturated rings. The average Bonchev–Trinajstić information content (AvgIpc) is 0.816. The molecule has 0 saturated heterocycles. The Bertz CT molecular complexity index is 3840. The Morgan fingerprint density at radius 2 is 1.01 bits per heavy atom. The molecule has 6 unspecified atom stereocenters. The molecule has 14 heteroatoms. The van der Waals surface area contributed by atoms with E-state index in [0.29, 0.717) is 52.6 Å². The molecule has 10 aliphatic carbocycles. The summed E-state index contributed by atoms with van der Waals surface area (Å²) in [5, 5.41) is 36.4. The Kier molecular flexibility index (Phi) is 15.5. The number of ether oxygens (including phenoxy) is 1. The van der Waals surface area contributed by atoms with Crippen LogP contribution in [0, 0.1) is 78.8 Å². The van der Waals surface area contributed by atoms with E-state index in [-0.39, 0.29) is 66.2 Å². The number of H-pyrrole nitrogens is 2. The van der Waals surface area contributed by atoms with E-state index in [2.05, 4.69) is 181 Å². The predicted octanol–water partition coefficient (Wildman–Crippen LogP) is 18.7. The molecule has 6 saturated carbocycles. The number of nitrogens with zero attached hydrogens (tertiary/aromatic N) is 6. The van der Waals surface area contributed by atoms with Crippen molar-refractivity contribution >= 4 is 17.7 Å². The van der Waals surface area contributed by atoms with Gasteiger partial charge in [0, 0.05) is 33.3 Å². The smallest absolute Gasteiger partial charge is 0.413 e. The lowest BCUT2D eigenvalue weighted by Gasteiger charge is -2.70. The third-order valence-corrected chi connectivity index (χ3v) is 30.0. The van der Waals surface area contributed by atoms with Crippen molar-refractivity contribution in [2.24, 2.45) is 78.8 Å². The van der Waals surface area contributed by atoms with Crippen LogP contribution in [0.25, 0.3) is 0 Å². The van der Waals surface area contributed by atoms with Gasteiger partial charge in [0.25, 0.3) is 0 Å². The molecule has 94 heavy (non-hydrogen) atoms. The number of hydrogen-bond donors (Lipinski definition) is 4. The Morgan fingerprint density at radius 3 is 1.47 bits per heavy atom. The van der Waals surface area contributed by atoms with Gasteiger partial charge in [-0.2, -0.15) is 10.2 Å². The summed E-state index contributed by atoms with van der Waals surface area (Å²) in [6.45, 7) is 37.6. The highest BCUT2D eigenvalue weighted by Crippen LogP contribution is 2.78. The van der Waals surface area contributed by atoms with Gasteiger partial charge in [-0.1, -0.05) is 188 Å². The van der Waals surface area contributed by atoms with E-state index in [4.69, 9.17) is 24.4 Å². The first-order valence-corrected chi connectivity index (χ1v) is 36.3. The maximum absolute atomic E-state index is 13.0. The molecule has 0 radical (unpaired) electrons. The van der Waals surface area contributed by atoms with Crippen molar-refractivity contribution in [3.8, 4) is 0 Å². The van der Waals surface area contributed by atoms with Crippen LogP contribution in [-0.4, -0.2) is 46.9 Å². The van der Waals surface area contributed by atoms with Crippen molar-refractivity contribution < 1.29 is 18.4 Å². The summed E-state index contributed by atoms with van der Waals surface area (Å²) >= 11 is 0. The summed E-state index contributed by atoms with van der Waals surface area (Å²) in [7, 11) is 0. The molecule has 0 aliphatic heterocycles. The number of amides is 1. The van der Waals surface area contributed by atoms with Gasteiger partial charge in [-0.05, 0) is 212 Å². The van der Waals surface area contributed by atoms with Crippen LogP contribution in [0.2, 0.25) is 0 Å². The molecule has 10 aliphatic rings. The molecule has 6 aromatic rings. The number of nitrogens with one attached hydrogen (secondary N) is 3. The molecule has 14 atom stereocenters. The van der Waals surface area contributed by atoms with Gasteiger partial charge in [0.05, 0.1) is 10.8 Å². The number of rotatable bonds is 6. The zero-order valence-corrected chi connectivity index (χ0v) is 59.6. The van der Waals surface area contributed by atoms with Gasteiger partial charge in [-0.3, -0.25) is 15.5 Å².